The third kappa shape index (κ3) is 3.74. The Hall–Kier alpha value is -2.02. The maximum absolute atomic E-state index is 10.0. The first kappa shape index (κ1) is 14.4. The molecule has 0 spiro atoms. The van der Waals surface area contributed by atoms with Gasteiger partial charge in [0.2, 0.25) is 0 Å². The minimum Gasteiger partial charge on any atom is -0.507 e. The molecule has 2 rings (SSSR count). The lowest BCUT2D eigenvalue weighted by molar-refractivity contribution is 0.473. The Balaban J connectivity index is 2.32. The van der Waals surface area contributed by atoms with Crippen molar-refractivity contribution < 1.29 is 5.11 Å². The van der Waals surface area contributed by atoms with Crippen LogP contribution in [0, 0.1) is 5.92 Å². The van der Waals surface area contributed by atoms with Crippen LogP contribution < -0.4 is 0 Å². The number of hydrogen-bond donors (Lipinski definition) is 1. The SMILES string of the molecule is CC(=Cc1cc(CC(C)C)ccc1O)c1ccccc1. The Kier molecular flexibility index (Phi) is 4.62. The Morgan fingerprint density at radius 3 is 2.45 bits per heavy atom. The predicted molar refractivity (Wildman–Crippen MR) is 86.6 cm³/mol. The first-order valence-corrected chi connectivity index (χ1v) is 7.12. The van der Waals surface area contributed by atoms with Gasteiger partial charge in [-0.05, 0) is 54.2 Å². The molecule has 1 heteroatoms. The molecule has 1 nitrogen and oxygen atoms in total. The third-order valence-corrected chi connectivity index (χ3v) is 3.34. The van der Waals surface area contributed by atoms with Crippen LogP contribution in [0.4, 0.5) is 0 Å². The van der Waals surface area contributed by atoms with Crippen molar-refractivity contribution in [2.45, 2.75) is 27.2 Å². The monoisotopic (exact) mass is 266 g/mol. The van der Waals surface area contributed by atoms with Crippen molar-refractivity contribution >= 4 is 11.6 Å². The average molecular weight is 266 g/mol. The molecule has 20 heavy (non-hydrogen) atoms. The number of hydrogen-bond acceptors (Lipinski definition) is 1. The van der Waals surface area contributed by atoms with Gasteiger partial charge in [-0.25, -0.2) is 0 Å². The smallest absolute Gasteiger partial charge is 0.122 e. The van der Waals surface area contributed by atoms with Crippen LogP contribution >= 0.6 is 0 Å². The molecule has 0 bridgehead atoms. The molecule has 0 aliphatic carbocycles. The highest BCUT2D eigenvalue weighted by atomic mass is 16.3. The lowest BCUT2D eigenvalue weighted by Gasteiger charge is -2.08. The van der Waals surface area contributed by atoms with Crippen LogP contribution in [0.25, 0.3) is 11.6 Å². The topological polar surface area (TPSA) is 20.2 Å². The maximum atomic E-state index is 10.0. The lowest BCUT2D eigenvalue weighted by Crippen LogP contribution is -1.94. The fourth-order valence-corrected chi connectivity index (χ4v) is 2.34. The molecule has 0 atom stereocenters. The van der Waals surface area contributed by atoms with Gasteiger partial charge in [0.1, 0.15) is 5.75 Å². The molecule has 0 aliphatic heterocycles. The molecule has 0 saturated carbocycles. The first-order valence-electron chi connectivity index (χ1n) is 7.12. The van der Waals surface area contributed by atoms with Crippen LogP contribution in [0.15, 0.2) is 48.5 Å². The number of benzene rings is 2. The molecule has 2 aromatic carbocycles. The summed E-state index contributed by atoms with van der Waals surface area (Å²) in [5.41, 5.74) is 4.50. The van der Waals surface area contributed by atoms with Crippen LogP contribution in [-0.2, 0) is 6.42 Å². The second kappa shape index (κ2) is 6.42. The molecule has 0 fully saturated rings. The van der Waals surface area contributed by atoms with Crippen molar-refractivity contribution in [3.8, 4) is 5.75 Å². The van der Waals surface area contributed by atoms with Gasteiger partial charge in [-0.1, -0.05) is 50.2 Å². The van der Waals surface area contributed by atoms with Crippen molar-refractivity contribution in [3.05, 3.63) is 65.2 Å². The predicted octanol–water partition coefficient (Wildman–Crippen LogP) is 5.15. The fourth-order valence-electron chi connectivity index (χ4n) is 2.34. The zero-order valence-corrected chi connectivity index (χ0v) is 12.4. The van der Waals surface area contributed by atoms with Crippen molar-refractivity contribution in [2.75, 3.05) is 0 Å². The average Bonchev–Trinajstić information content (AvgIpc) is 2.43. The number of aromatic hydroxyl groups is 1. The van der Waals surface area contributed by atoms with Gasteiger partial charge < -0.3 is 5.11 Å². The van der Waals surface area contributed by atoms with E-state index in [1.807, 2.05) is 24.3 Å². The molecular weight excluding hydrogens is 244 g/mol. The molecule has 1 N–H and O–H groups in total. The van der Waals surface area contributed by atoms with Crippen molar-refractivity contribution in [1.82, 2.24) is 0 Å². The van der Waals surface area contributed by atoms with E-state index in [0.29, 0.717) is 11.7 Å². The second-order valence-electron chi connectivity index (χ2n) is 5.68. The van der Waals surface area contributed by atoms with Gasteiger partial charge in [0, 0.05) is 5.56 Å². The zero-order valence-electron chi connectivity index (χ0n) is 12.4. The van der Waals surface area contributed by atoms with Crippen molar-refractivity contribution in [3.63, 3.8) is 0 Å². The summed E-state index contributed by atoms with van der Waals surface area (Å²) in [7, 11) is 0. The van der Waals surface area contributed by atoms with Crippen LogP contribution in [0.2, 0.25) is 0 Å². The van der Waals surface area contributed by atoms with Gasteiger partial charge in [-0.3, -0.25) is 0 Å². The van der Waals surface area contributed by atoms with Gasteiger partial charge in [0.25, 0.3) is 0 Å². The molecule has 0 aliphatic rings. The van der Waals surface area contributed by atoms with Crippen LogP contribution in [-0.4, -0.2) is 5.11 Å². The molecule has 0 radical (unpaired) electrons. The van der Waals surface area contributed by atoms with Crippen LogP contribution in [0.5, 0.6) is 5.75 Å². The number of phenols is 1. The molecule has 104 valence electrons. The summed E-state index contributed by atoms with van der Waals surface area (Å²) in [4.78, 5) is 0. The van der Waals surface area contributed by atoms with E-state index in [2.05, 4.69) is 45.0 Å². The van der Waals surface area contributed by atoms with Gasteiger partial charge >= 0.3 is 0 Å². The van der Waals surface area contributed by atoms with Gasteiger partial charge in [0.05, 0.1) is 0 Å². The molecule has 0 unspecified atom stereocenters. The highest BCUT2D eigenvalue weighted by molar-refractivity contribution is 5.81. The molecular formula is C19H22O. The van der Waals surface area contributed by atoms with Crippen LogP contribution in [0.3, 0.4) is 0 Å². The number of rotatable bonds is 4. The summed E-state index contributed by atoms with van der Waals surface area (Å²) in [6.07, 6.45) is 3.08. The Labute approximate surface area is 121 Å². The van der Waals surface area contributed by atoms with Crippen molar-refractivity contribution in [2.24, 2.45) is 5.92 Å². The fraction of sp³-hybridized carbons (Fsp3) is 0.263. The van der Waals surface area contributed by atoms with E-state index in [-0.39, 0.29) is 0 Å². The molecule has 0 amide bonds. The van der Waals surface area contributed by atoms with E-state index < -0.39 is 0 Å². The summed E-state index contributed by atoms with van der Waals surface area (Å²) in [5, 5.41) is 10.0. The Morgan fingerprint density at radius 2 is 1.80 bits per heavy atom. The highest BCUT2D eigenvalue weighted by Gasteiger charge is 2.04. The number of phenolic OH excluding ortho intramolecular Hbond substituents is 1. The minimum absolute atomic E-state index is 0.341. The summed E-state index contributed by atoms with van der Waals surface area (Å²) in [5.74, 6) is 0.958. The Bertz CT molecular complexity index is 594. The van der Waals surface area contributed by atoms with Crippen molar-refractivity contribution in [1.29, 1.82) is 0 Å². The minimum atomic E-state index is 0.341. The van der Waals surface area contributed by atoms with E-state index >= 15 is 0 Å². The van der Waals surface area contributed by atoms with Gasteiger partial charge in [0.15, 0.2) is 0 Å². The van der Waals surface area contributed by atoms with Gasteiger partial charge in [-0.2, -0.15) is 0 Å². The molecule has 0 heterocycles. The summed E-state index contributed by atoms with van der Waals surface area (Å²) >= 11 is 0. The van der Waals surface area contributed by atoms with Crippen LogP contribution in [0.1, 0.15) is 37.5 Å². The summed E-state index contributed by atoms with van der Waals surface area (Å²) in [6.45, 7) is 6.49. The maximum Gasteiger partial charge on any atom is 0.122 e. The quantitative estimate of drug-likeness (QED) is 0.759. The zero-order chi connectivity index (χ0) is 14.5. The summed E-state index contributed by atoms with van der Waals surface area (Å²) < 4.78 is 0. The first-order chi connectivity index (χ1) is 9.56. The van der Waals surface area contributed by atoms with Gasteiger partial charge in [-0.15, -0.1) is 0 Å². The second-order valence-corrected chi connectivity index (χ2v) is 5.68. The highest BCUT2D eigenvalue weighted by Crippen LogP contribution is 2.25. The summed E-state index contributed by atoms with van der Waals surface area (Å²) in [6, 6.07) is 16.1. The largest absolute Gasteiger partial charge is 0.507 e. The van der Waals surface area contributed by atoms with E-state index in [4.69, 9.17) is 0 Å². The van der Waals surface area contributed by atoms with E-state index in [1.165, 1.54) is 11.1 Å². The normalized spacial score (nSPS) is 11.9. The van der Waals surface area contributed by atoms with E-state index in [9.17, 15) is 5.11 Å². The molecule has 0 aromatic heterocycles. The van der Waals surface area contributed by atoms with E-state index in [0.717, 1.165) is 17.6 Å². The third-order valence-electron chi connectivity index (χ3n) is 3.34. The Morgan fingerprint density at radius 1 is 1.10 bits per heavy atom. The molecule has 0 saturated heterocycles. The number of allylic oxidation sites excluding steroid dienone is 1. The van der Waals surface area contributed by atoms with E-state index in [1.54, 1.807) is 6.07 Å². The standard InChI is InChI=1S/C19H22O/c1-14(2)11-16-9-10-19(20)18(13-16)12-15(3)17-7-5-4-6-8-17/h4-10,12-14,20H,11H2,1-3H3. The molecule has 2 aromatic rings. The lowest BCUT2D eigenvalue weighted by atomic mass is 9.98.